The van der Waals surface area contributed by atoms with Gasteiger partial charge in [-0.3, -0.25) is 54.1 Å². The third kappa shape index (κ3) is 13.6. The fraction of sp³-hybridized carbons (Fsp3) is 0.468. The minimum absolute atomic E-state index is 0.00259. The molecule has 0 N–H and O–H groups in total. The molecule has 8 unspecified atom stereocenters. The van der Waals surface area contributed by atoms with Crippen LogP contribution in [0.3, 0.4) is 0 Å². The van der Waals surface area contributed by atoms with E-state index in [-0.39, 0.29) is 63.4 Å². The van der Waals surface area contributed by atoms with Gasteiger partial charge in [0.2, 0.25) is 0 Å². The molecule has 4 amide bonds. The molecule has 4 aromatic heterocycles. The second-order valence-electron chi connectivity index (χ2n) is 23.0. The summed E-state index contributed by atoms with van der Waals surface area (Å²) in [5, 5.41) is 32.6. The first-order valence-corrected chi connectivity index (χ1v) is 31.2. The van der Waals surface area contributed by atoms with Gasteiger partial charge in [0.25, 0.3) is 49.3 Å². The molecule has 0 radical (unpaired) electrons. The van der Waals surface area contributed by atoms with E-state index < -0.39 is 82.9 Å². The van der Waals surface area contributed by atoms with Crippen molar-refractivity contribution in [2.24, 2.45) is 26.8 Å². The molecule has 0 aliphatic carbocycles. The lowest BCUT2D eigenvalue weighted by Gasteiger charge is -2.33. The maximum atomic E-state index is 13.7. The Kier molecular flexibility index (Phi) is 22.8. The van der Waals surface area contributed by atoms with Crippen LogP contribution in [0, 0.1) is 44.3 Å². The molecular formula is C62H65Br2ClF8N14O4. The molecular weight excluding hydrogens is 1350 g/mol. The number of rotatable bonds is 18. The molecule has 11 rings (SSSR count). The van der Waals surface area contributed by atoms with Crippen LogP contribution in [0.15, 0.2) is 126 Å². The van der Waals surface area contributed by atoms with E-state index in [0.29, 0.717) is 67.6 Å². The van der Waals surface area contributed by atoms with Crippen LogP contribution in [0.1, 0.15) is 122 Å². The van der Waals surface area contributed by atoms with Gasteiger partial charge in [-0.05, 0) is 123 Å². The second-order valence-corrected chi connectivity index (χ2v) is 25.1. The van der Waals surface area contributed by atoms with Crippen LogP contribution < -0.4 is 0 Å². The zero-order chi connectivity index (χ0) is 66.2. The third-order valence-electron chi connectivity index (χ3n) is 17.4. The number of nitrogens with zero attached hydrogens (tertiary/aromatic N) is 14. The van der Waals surface area contributed by atoms with Crippen LogP contribution in [0.4, 0.5) is 35.1 Å². The lowest BCUT2D eigenvalue weighted by atomic mass is 9.83. The Bertz CT molecular complexity index is 3480. The average molecular weight is 1420 g/mol. The van der Waals surface area contributed by atoms with Gasteiger partial charge in [0.05, 0.1) is 35.3 Å². The molecule has 0 spiro atoms. The van der Waals surface area contributed by atoms with Gasteiger partial charge in [-0.2, -0.15) is 15.6 Å². The Morgan fingerprint density at radius 1 is 0.626 bits per heavy atom. The average Bonchev–Trinajstić information content (AvgIpc) is 1.61. The molecule has 7 aliphatic rings. The molecule has 6 fully saturated rings. The topological polar surface area (TPSA) is 202 Å². The number of fused-ring (bicyclic) bond motifs is 3. The van der Waals surface area contributed by atoms with Crippen molar-refractivity contribution in [3.63, 3.8) is 0 Å². The summed E-state index contributed by atoms with van der Waals surface area (Å²) in [6.07, 6.45) is 10.0. The van der Waals surface area contributed by atoms with Gasteiger partial charge in [-0.25, -0.2) is 55.2 Å². The van der Waals surface area contributed by atoms with Gasteiger partial charge in [-0.1, -0.05) is 31.6 Å². The maximum Gasteiger partial charge on any atom is 0.256 e. The number of carbonyl (C=O) groups excluding carboxylic acids is 4. The van der Waals surface area contributed by atoms with E-state index in [0.717, 1.165) is 31.5 Å². The summed E-state index contributed by atoms with van der Waals surface area (Å²) in [5.74, 6) is -2.90. The molecule has 18 nitrogen and oxygen atoms in total. The summed E-state index contributed by atoms with van der Waals surface area (Å²) in [5.41, 5.74) is -3.24. The number of hydrazone groups is 1. The van der Waals surface area contributed by atoms with Gasteiger partial charge < -0.3 is 0 Å². The summed E-state index contributed by atoms with van der Waals surface area (Å²) >= 11 is 12.4. The fourth-order valence-corrected chi connectivity index (χ4v) is 13.9. The molecule has 8 atom stereocenters. The first kappa shape index (κ1) is 69.8. The quantitative estimate of drug-likeness (QED) is 0.0518. The number of carbonyl (C=O) groups is 4. The van der Waals surface area contributed by atoms with Gasteiger partial charge in [0.1, 0.15) is 33.8 Å². The van der Waals surface area contributed by atoms with Crippen LogP contribution in [-0.4, -0.2) is 156 Å². The van der Waals surface area contributed by atoms with E-state index in [1.807, 2.05) is 25.1 Å². The number of hydrogen-bond donors (Lipinski definition) is 0. The standard InChI is InChI=1S/C16H18F2N4O.C16H16F2N4O.C15H15BrClF2N3O.C15H16BrF2N3O/c2*1-2-4-16(14(17)18)10-21-5-3-13(22(21)15(16)23)12-6-11(7-19)8-20-9-12;1-2-4-15(9-17,13(18)19)14(23)22-12(3-5-21-22)10-6-11(16)8-20-7-10;1-2-4-15(13(17)18)9-20-5-3-12(21(20)14(15)22)10-6-11(16)8-19-7-10/h6,8-9,13-14H,2-5,10H2,1H3;2,6,8-9,13-14H,1,3-5,10H2;2,5-8,12-13H,1,3-4,9H2;2,6-8,12-13H,1,3-5,9H2. The predicted octanol–water partition coefficient (Wildman–Crippen LogP) is 12.1. The number of aromatic nitrogens is 4. The Hall–Kier alpha value is -7.08. The normalized spacial score (nSPS) is 25.8. The zero-order valence-electron chi connectivity index (χ0n) is 49.3. The van der Waals surface area contributed by atoms with E-state index in [9.17, 15) is 54.3 Å². The highest BCUT2D eigenvalue weighted by Gasteiger charge is 2.62. The van der Waals surface area contributed by atoms with Gasteiger partial charge >= 0.3 is 0 Å². The minimum Gasteiger partial charge on any atom is -0.272 e. The highest BCUT2D eigenvalue weighted by Crippen LogP contribution is 2.51. The highest BCUT2D eigenvalue weighted by molar-refractivity contribution is 9.10. The molecule has 11 heterocycles. The lowest BCUT2D eigenvalue weighted by Crippen LogP contribution is -2.47. The monoisotopic (exact) mass is 1410 g/mol. The Morgan fingerprint density at radius 3 is 1.36 bits per heavy atom. The van der Waals surface area contributed by atoms with Crippen LogP contribution in [-0.2, 0) is 19.2 Å². The van der Waals surface area contributed by atoms with E-state index in [2.05, 4.69) is 76.6 Å². The third-order valence-corrected chi connectivity index (χ3v) is 18.8. The van der Waals surface area contributed by atoms with Crippen molar-refractivity contribution in [3.8, 4) is 12.1 Å². The van der Waals surface area contributed by atoms with E-state index in [1.54, 1.807) is 70.4 Å². The van der Waals surface area contributed by atoms with Crippen molar-refractivity contribution in [3.05, 3.63) is 154 Å². The lowest BCUT2D eigenvalue weighted by molar-refractivity contribution is -0.152. The van der Waals surface area contributed by atoms with Crippen molar-refractivity contribution in [2.75, 3.05) is 45.1 Å². The number of amides is 4. The molecule has 0 aromatic carbocycles. The van der Waals surface area contributed by atoms with Crippen molar-refractivity contribution < 1.29 is 54.3 Å². The molecule has 484 valence electrons. The summed E-state index contributed by atoms with van der Waals surface area (Å²) in [6, 6.07) is 9.64. The van der Waals surface area contributed by atoms with Gasteiger partial charge in [0.15, 0.2) is 0 Å². The number of pyridine rings is 4. The summed E-state index contributed by atoms with van der Waals surface area (Å²) in [6.45, 7) is 14.1. The first-order chi connectivity index (χ1) is 43.5. The van der Waals surface area contributed by atoms with Crippen LogP contribution in [0.25, 0.3) is 0 Å². The van der Waals surface area contributed by atoms with E-state index in [4.69, 9.17) is 22.1 Å². The largest absolute Gasteiger partial charge is 0.272 e. The summed E-state index contributed by atoms with van der Waals surface area (Å²) < 4.78 is 110. The smallest absolute Gasteiger partial charge is 0.256 e. The first-order valence-electron chi connectivity index (χ1n) is 29.1. The SMILES string of the molecule is C=CCC(CCl)(C(=O)N1N=CCC1c1cncc(Br)c1)C(F)F.C=CCC1(C(F)F)CN2CCC(c3cncc(Br)c3)N2C1=O.C=CCC1(C(F)F)CN2CCC(c3cncc(C#N)c3)N2C1=O.CCCC1(C(F)F)CN2CCC(c3cncc(C#N)c3)N2C1=O. The van der Waals surface area contributed by atoms with Crippen molar-refractivity contribution in [2.45, 2.75) is 115 Å². The molecule has 91 heavy (non-hydrogen) atoms. The van der Waals surface area contributed by atoms with Crippen molar-refractivity contribution >= 4 is 73.3 Å². The Morgan fingerprint density at radius 2 is 1.01 bits per heavy atom. The van der Waals surface area contributed by atoms with E-state index >= 15 is 0 Å². The zero-order valence-corrected chi connectivity index (χ0v) is 53.3. The number of hydrazine groups is 3. The van der Waals surface area contributed by atoms with Crippen LogP contribution in [0.2, 0.25) is 0 Å². The minimum atomic E-state index is -2.91. The molecule has 0 saturated carbocycles. The van der Waals surface area contributed by atoms with Crippen LogP contribution >= 0.6 is 43.5 Å². The van der Waals surface area contributed by atoms with E-state index in [1.165, 1.54) is 51.9 Å². The van der Waals surface area contributed by atoms with Gasteiger partial charge in [-0.15, -0.1) is 31.3 Å². The second kappa shape index (κ2) is 29.7. The van der Waals surface area contributed by atoms with Crippen molar-refractivity contribution in [1.29, 1.82) is 10.5 Å². The highest BCUT2D eigenvalue weighted by atomic mass is 79.9. The van der Waals surface area contributed by atoms with Gasteiger partial charge in [0, 0.05) is 116 Å². The maximum absolute atomic E-state index is 13.7. The summed E-state index contributed by atoms with van der Waals surface area (Å²) in [7, 11) is 0. The molecule has 29 heteroatoms. The van der Waals surface area contributed by atoms with Crippen LogP contribution in [0.5, 0.6) is 0 Å². The number of allylic oxidation sites excluding steroid dienone is 3. The summed E-state index contributed by atoms with van der Waals surface area (Å²) in [4.78, 5) is 67.2. The Balaban J connectivity index is 0.000000156. The fourth-order valence-electron chi connectivity index (χ4n) is 12.8. The molecule has 0 bridgehead atoms. The number of nitriles is 2. The molecule has 6 saturated heterocycles. The molecule has 4 aromatic rings. The predicted molar refractivity (Wildman–Crippen MR) is 326 cm³/mol. The molecule has 7 aliphatic heterocycles. The van der Waals surface area contributed by atoms with Crippen molar-refractivity contribution in [1.82, 2.24) is 55.0 Å². The number of hydrogen-bond acceptors (Lipinski definition) is 14. The number of alkyl halides is 9. The number of halogens is 11. The Labute approximate surface area is 543 Å².